The fourth-order valence-corrected chi connectivity index (χ4v) is 3.54. The first-order valence-corrected chi connectivity index (χ1v) is 9.23. The van der Waals surface area contributed by atoms with E-state index in [0.29, 0.717) is 18.3 Å². The maximum atomic E-state index is 12.4. The molecule has 1 aromatic heterocycles. The van der Waals surface area contributed by atoms with Gasteiger partial charge in [0.05, 0.1) is 11.7 Å². The van der Waals surface area contributed by atoms with Crippen molar-refractivity contribution in [1.29, 1.82) is 0 Å². The molecular formula is C20H29ClN4O. The lowest BCUT2D eigenvalue weighted by molar-refractivity contribution is -0.123. The zero-order valence-corrected chi connectivity index (χ0v) is 16.3. The Balaban J connectivity index is 0.00000243. The van der Waals surface area contributed by atoms with Crippen LogP contribution >= 0.6 is 12.4 Å². The Morgan fingerprint density at radius 1 is 1.35 bits per heavy atom. The molecule has 0 spiro atoms. The average molecular weight is 377 g/mol. The summed E-state index contributed by atoms with van der Waals surface area (Å²) in [5, 5.41) is 10.8. The number of hydrogen-bond donors (Lipinski definition) is 2. The van der Waals surface area contributed by atoms with Crippen LogP contribution in [0.2, 0.25) is 0 Å². The SMILES string of the molecule is CC(NC(=O)CC(C)C1CCCNC1)c1ccc(-n2cccn2)cc1.Cl. The van der Waals surface area contributed by atoms with E-state index in [0.717, 1.165) is 24.3 Å². The van der Waals surface area contributed by atoms with Crippen molar-refractivity contribution >= 4 is 18.3 Å². The molecule has 6 heteroatoms. The summed E-state index contributed by atoms with van der Waals surface area (Å²) in [6.07, 6.45) is 6.73. The van der Waals surface area contributed by atoms with Crippen LogP contribution in [0.3, 0.4) is 0 Å². The zero-order valence-electron chi connectivity index (χ0n) is 15.5. The van der Waals surface area contributed by atoms with Gasteiger partial charge in [-0.1, -0.05) is 19.1 Å². The van der Waals surface area contributed by atoms with Crippen molar-refractivity contribution in [2.75, 3.05) is 13.1 Å². The average Bonchev–Trinajstić information content (AvgIpc) is 3.17. The molecule has 5 nitrogen and oxygen atoms in total. The molecule has 26 heavy (non-hydrogen) atoms. The first-order valence-electron chi connectivity index (χ1n) is 9.23. The van der Waals surface area contributed by atoms with Gasteiger partial charge in [-0.05, 0) is 68.5 Å². The van der Waals surface area contributed by atoms with Gasteiger partial charge in [0.15, 0.2) is 0 Å². The molecule has 2 aromatic rings. The topological polar surface area (TPSA) is 59.0 Å². The van der Waals surface area contributed by atoms with Gasteiger partial charge in [-0.2, -0.15) is 5.10 Å². The summed E-state index contributed by atoms with van der Waals surface area (Å²) in [5.41, 5.74) is 2.13. The summed E-state index contributed by atoms with van der Waals surface area (Å²) in [4.78, 5) is 12.4. The molecule has 0 radical (unpaired) electrons. The molecule has 1 amide bonds. The molecular weight excluding hydrogens is 348 g/mol. The van der Waals surface area contributed by atoms with E-state index in [9.17, 15) is 4.79 Å². The van der Waals surface area contributed by atoms with Crippen molar-refractivity contribution < 1.29 is 4.79 Å². The Morgan fingerprint density at radius 2 is 2.12 bits per heavy atom. The molecule has 1 aromatic carbocycles. The van der Waals surface area contributed by atoms with Crippen LogP contribution in [-0.2, 0) is 4.79 Å². The van der Waals surface area contributed by atoms with Gasteiger partial charge in [-0.15, -0.1) is 12.4 Å². The van der Waals surface area contributed by atoms with E-state index >= 15 is 0 Å². The Bertz CT molecular complexity index is 666. The number of nitrogens with one attached hydrogen (secondary N) is 2. The van der Waals surface area contributed by atoms with Gasteiger partial charge in [0.25, 0.3) is 0 Å². The summed E-state index contributed by atoms with van der Waals surface area (Å²) in [6, 6.07) is 10.1. The maximum absolute atomic E-state index is 12.4. The van der Waals surface area contributed by atoms with Gasteiger partial charge in [-0.25, -0.2) is 4.68 Å². The number of carbonyl (C=O) groups excluding carboxylic acids is 1. The van der Waals surface area contributed by atoms with E-state index in [2.05, 4.69) is 34.8 Å². The first-order chi connectivity index (χ1) is 12.1. The number of benzene rings is 1. The normalized spacial score (nSPS) is 19.2. The molecule has 1 aliphatic heterocycles. The number of hydrogen-bond acceptors (Lipinski definition) is 3. The number of amides is 1. The molecule has 0 saturated carbocycles. The van der Waals surface area contributed by atoms with Gasteiger partial charge in [0.2, 0.25) is 5.91 Å². The van der Waals surface area contributed by atoms with Gasteiger partial charge in [0.1, 0.15) is 0 Å². The number of piperidine rings is 1. The monoisotopic (exact) mass is 376 g/mol. The molecule has 3 atom stereocenters. The zero-order chi connectivity index (χ0) is 17.6. The summed E-state index contributed by atoms with van der Waals surface area (Å²) in [7, 11) is 0. The second-order valence-corrected chi connectivity index (χ2v) is 7.12. The summed E-state index contributed by atoms with van der Waals surface area (Å²) in [6.45, 7) is 6.38. The van der Waals surface area contributed by atoms with Crippen molar-refractivity contribution in [1.82, 2.24) is 20.4 Å². The summed E-state index contributed by atoms with van der Waals surface area (Å²) in [5.74, 6) is 1.17. The molecule has 2 heterocycles. The van der Waals surface area contributed by atoms with Crippen LogP contribution in [0.15, 0.2) is 42.7 Å². The van der Waals surface area contributed by atoms with E-state index in [4.69, 9.17) is 0 Å². The van der Waals surface area contributed by atoms with E-state index in [1.165, 1.54) is 12.8 Å². The number of aromatic nitrogens is 2. The smallest absolute Gasteiger partial charge is 0.220 e. The van der Waals surface area contributed by atoms with Crippen LogP contribution in [0.25, 0.3) is 5.69 Å². The second kappa shape index (κ2) is 9.74. The Morgan fingerprint density at radius 3 is 2.73 bits per heavy atom. The number of carbonyl (C=O) groups is 1. The van der Waals surface area contributed by atoms with Crippen LogP contribution in [0.4, 0.5) is 0 Å². The minimum atomic E-state index is 0. The third kappa shape index (κ3) is 5.32. The van der Waals surface area contributed by atoms with Crippen LogP contribution < -0.4 is 10.6 Å². The number of rotatable bonds is 6. The molecule has 1 saturated heterocycles. The summed E-state index contributed by atoms with van der Waals surface area (Å²) < 4.78 is 1.83. The van der Waals surface area contributed by atoms with Crippen molar-refractivity contribution in [3.8, 4) is 5.69 Å². The molecule has 0 aliphatic carbocycles. The third-order valence-corrected chi connectivity index (χ3v) is 5.19. The van der Waals surface area contributed by atoms with E-state index in [1.807, 2.05) is 36.0 Å². The Hall–Kier alpha value is -1.85. The quantitative estimate of drug-likeness (QED) is 0.811. The van der Waals surface area contributed by atoms with Gasteiger partial charge in [-0.3, -0.25) is 4.79 Å². The van der Waals surface area contributed by atoms with E-state index in [-0.39, 0.29) is 24.4 Å². The van der Waals surface area contributed by atoms with Crippen molar-refractivity contribution in [2.24, 2.45) is 11.8 Å². The van der Waals surface area contributed by atoms with Crippen LogP contribution in [-0.4, -0.2) is 28.8 Å². The maximum Gasteiger partial charge on any atom is 0.220 e. The third-order valence-electron chi connectivity index (χ3n) is 5.19. The van der Waals surface area contributed by atoms with Crippen molar-refractivity contribution in [2.45, 2.75) is 39.2 Å². The minimum absolute atomic E-state index is 0. The van der Waals surface area contributed by atoms with E-state index < -0.39 is 0 Å². The van der Waals surface area contributed by atoms with Gasteiger partial charge in [0, 0.05) is 18.8 Å². The largest absolute Gasteiger partial charge is 0.350 e. The van der Waals surface area contributed by atoms with Crippen LogP contribution in [0.1, 0.15) is 44.7 Å². The fraction of sp³-hybridized carbons (Fsp3) is 0.500. The fourth-order valence-electron chi connectivity index (χ4n) is 3.54. The highest BCUT2D eigenvalue weighted by molar-refractivity contribution is 5.85. The highest BCUT2D eigenvalue weighted by atomic mass is 35.5. The molecule has 0 bridgehead atoms. The van der Waals surface area contributed by atoms with Gasteiger partial charge >= 0.3 is 0 Å². The lowest BCUT2D eigenvalue weighted by Gasteiger charge is -2.28. The number of halogens is 1. The highest BCUT2D eigenvalue weighted by Gasteiger charge is 2.22. The molecule has 1 aliphatic rings. The molecule has 3 rings (SSSR count). The number of nitrogens with zero attached hydrogens (tertiary/aromatic N) is 2. The predicted octanol–water partition coefficient (Wildman–Crippen LogP) is 3.50. The standard InChI is InChI=1S/C20H28N4O.ClH/c1-15(18-5-3-10-21-14-18)13-20(25)23-16(2)17-6-8-19(9-7-17)24-12-4-11-22-24;/h4,6-9,11-12,15-16,18,21H,3,5,10,13-14H2,1-2H3,(H,23,25);1H. The van der Waals surface area contributed by atoms with Gasteiger partial charge < -0.3 is 10.6 Å². The van der Waals surface area contributed by atoms with E-state index in [1.54, 1.807) is 6.20 Å². The lowest BCUT2D eigenvalue weighted by atomic mass is 9.85. The Kier molecular flexibility index (Phi) is 7.66. The van der Waals surface area contributed by atoms with Crippen molar-refractivity contribution in [3.05, 3.63) is 48.3 Å². The molecule has 142 valence electrons. The molecule has 3 unspecified atom stereocenters. The molecule has 1 fully saturated rings. The second-order valence-electron chi connectivity index (χ2n) is 7.12. The van der Waals surface area contributed by atoms with Crippen molar-refractivity contribution in [3.63, 3.8) is 0 Å². The van der Waals surface area contributed by atoms with Crippen LogP contribution in [0.5, 0.6) is 0 Å². The predicted molar refractivity (Wildman–Crippen MR) is 107 cm³/mol. The minimum Gasteiger partial charge on any atom is -0.350 e. The molecule has 2 N–H and O–H groups in total. The first kappa shape index (κ1) is 20.5. The highest BCUT2D eigenvalue weighted by Crippen LogP contribution is 2.23. The summed E-state index contributed by atoms with van der Waals surface area (Å²) >= 11 is 0. The Labute approximate surface area is 162 Å². The van der Waals surface area contributed by atoms with Crippen LogP contribution in [0, 0.1) is 11.8 Å². The lowest BCUT2D eigenvalue weighted by Crippen LogP contribution is -2.36.